The number of benzene rings is 1. The van der Waals surface area contributed by atoms with Crippen LogP contribution in [-0.2, 0) is 12.8 Å². The van der Waals surface area contributed by atoms with Gasteiger partial charge in [0.15, 0.2) is 0 Å². The van der Waals surface area contributed by atoms with Gasteiger partial charge >= 0.3 is 0 Å². The number of likely N-dealkylation sites (tertiary alicyclic amines) is 1. The first kappa shape index (κ1) is 15.8. The molecule has 2 heterocycles. The second kappa shape index (κ2) is 8.54. The fourth-order valence-corrected chi connectivity index (χ4v) is 3.55. The molecule has 0 saturated carbocycles. The molecule has 1 saturated heterocycles. The van der Waals surface area contributed by atoms with E-state index in [1.807, 2.05) is 0 Å². The van der Waals surface area contributed by atoms with E-state index in [0.29, 0.717) is 0 Å². The normalized spacial score (nSPS) is 19.5. The molecule has 0 radical (unpaired) electrons. The molecule has 0 unspecified atom stereocenters. The number of ether oxygens (including phenoxy) is 1. The fourth-order valence-electron chi connectivity index (χ4n) is 3.55. The van der Waals surface area contributed by atoms with Crippen molar-refractivity contribution >= 4 is 0 Å². The smallest absolute Gasteiger partial charge is 0.119 e. The van der Waals surface area contributed by atoms with E-state index >= 15 is 0 Å². The van der Waals surface area contributed by atoms with Crippen LogP contribution in [0, 0.1) is 0 Å². The van der Waals surface area contributed by atoms with Crippen LogP contribution < -0.4 is 10.1 Å². The molecule has 2 aliphatic heterocycles. The molecule has 3 nitrogen and oxygen atoms in total. The first-order valence-electron chi connectivity index (χ1n) is 9.09. The highest BCUT2D eigenvalue weighted by Crippen LogP contribution is 2.20. The quantitative estimate of drug-likeness (QED) is 0.818. The monoisotopic (exact) mass is 302 g/mol. The van der Waals surface area contributed by atoms with Crippen molar-refractivity contribution in [2.75, 3.05) is 39.3 Å². The third-order valence-corrected chi connectivity index (χ3v) is 4.91. The van der Waals surface area contributed by atoms with Crippen LogP contribution in [0.3, 0.4) is 0 Å². The summed E-state index contributed by atoms with van der Waals surface area (Å²) in [6.45, 7) is 6.90. The molecular formula is C19H30N2O. The van der Waals surface area contributed by atoms with Crippen molar-refractivity contribution < 1.29 is 4.74 Å². The Labute approximate surface area is 135 Å². The van der Waals surface area contributed by atoms with Crippen molar-refractivity contribution in [2.24, 2.45) is 0 Å². The van der Waals surface area contributed by atoms with Gasteiger partial charge in [-0.1, -0.05) is 12.5 Å². The zero-order valence-electron chi connectivity index (χ0n) is 13.8. The number of unbranched alkanes of at least 4 members (excludes halogenated alkanes) is 1. The van der Waals surface area contributed by atoms with E-state index in [2.05, 4.69) is 28.4 Å². The van der Waals surface area contributed by atoms with E-state index in [4.69, 9.17) is 4.74 Å². The molecular weight excluding hydrogens is 272 g/mol. The minimum absolute atomic E-state index is 0.852. The highest BCUT2D eigenvalue weighted by molar-refractivity contribution is 5.36. The Kier molecular flexibility index (Phi) is 6.14. The number of piperidine rings is 1. The molecule has 0 aromatic heterocycles. The standard InChI is InChI=1S/C19H30N2O/c1-2-12-21(13-3-1)14-4-5-15-22-19-7-6-17-8-10-20-11-9-18(17)16-19/h6-7,16,20H,1-5,8-15H2. The highest BCUT2D eigenvalue weighted by atomic mass is 16.5. The molecule has 1 N–H and O–H groups in total. The average Bonchev–Trinajstić information content (AvgIpc) is 2.80. The van der Waals surface area contributed by atoms with Gasteiger partial charge in [-0.3, -0.25) is 0 Å². The molecule has 0 bridgehead atoms. The predicted octanol–water partition coefficient (Wildman–Crippen LogP) is 3.02. The summed E-state index contributed by atoms with van der Waals surface area (Å²) in [6.07, 6.45) is 8.89. The molecule has 3 heteroatoms. The Morgan fingerprint density at radius 3 is 2.64 bits per heavy atom. The van der Waals surface area contributed by atoms with Gasteiger partial charge in [0.1, 0.15) is 5.75 Å². The Hall–Kier alpha value is -1.06. The molecule has 1 fully saturated rings. The second-order valence-corrected chi connectivity index (χ2v) is 6.64. The van der Waals surface area contributed by atoms with Crippen LogP contribution in [0.25, 0.3) is 0 Å². The van der Waals surface area contributed by atoms with Crippen molar-refractivity contribution in [3.63, 3.8) is 0 Å². The van der Waals surface area contributed by atoms with Crippen LogP contribution in [0.1, 0.15) is 43.2 Å². The van der Waals surface area contributed by atoms with Crippen LogP contribution in [0.15, 0.2) is 18.2 Å². The van der Waals surface area contributed by atoms with E-state index in [0.717, 1.165) is 44.7 Å². The summed E-state index contributed by atoms with van der Waals surface area (Å²) in [6, 6.07) is 6.66. The summed E-state index contributed by atoms with van der Waals surface area (Å²) >= 11 is 0. The SMILES string of the molecule is c1cc2c(cc1OCCCCN1CCCCC1)CCNCC2. The Morgan fingerprint density at radius 1 is 0.955 bits per heavy atom. The molecule has 3 rings (SSSR count). The van der Waals surface area contributed by atoms with Gasteiger partial charge < -0.3 is 15.0 Å². The lowest BCUT2D eigenvalue weighted by atomic mass is 10.0. The molecule has 1 aromatic rings. The Bertz CT molecular complexity index is 455. The number of hydrogen-bond acceptors (Lipinski definition) is 3. The lowest BCUT2D eigenvalue weighted by molar-refractivity contribution is 0.216. The summed E-state index contributed by atoms with van der Waals surface area (Å²) in [7, 11) is 0. The van der Waals surface area contributed by atoms with Gasteiger partial charge in [0.2, 0.25) is 0 Å². The van der Waals surface area contributed by atoms with Gasteiger partial charge in [-0.2, -0.15) is 0 Å². The molecule has 1 aromatic carbocycles. The molecule has 2 aliphatic rings. The van der Waals surface area contributed by atoms with Crippen LogP contribution in [0.4, 0.5) is 0 Å². The number of fused-ring (bicyclic) bond motifs is 1. The molecule has 0 atom stereocenters. The average molecular weight is 302 g/mol. The lowest BCUT2D eigenvalue weighted by Crippen LogP contribution is -2.30. The summed E-state index contributed by atoms with van der Waals surface area (Å²) in [5.41, 5.74) is 2.96. The highest BCUT2D eigenvalue weighted by Gasteiger charge is 2.10. The summed E-state index contributed by atoms with van der Waals surface area (Å²) in [4.78, 5) is 2.61. The van der Waals surface area contributed by atoms with Crippen LogP contribution >= 0.6 is 0 Å². The maximum atomic E-state index is 5.96. The van der Waals surface area contributed by atoms with Gasteiger partial charge in [-0.05, 0) is 94.5 Å². The maximum absolute atomic E-state index is 5.96. The fraction of sp³-hybridized carbons (Fsp3) is 0.684. The molecule has 0 spiro atoms. The van der Waals surface area contributed by atoms with Gasteiger partial charge in [-0.15, -0.1) is 0 Å². The Morgan fingerprint density at radius 2 is 1.77 bits per heavy atom. The lowest BCUT2D eigenvalue weighted by Gasteiger charge is -2.26. The van der Waals surface area contributed by atoms with Crippen molar-refractivity contribution in [3.8, 4) is 5.75 Å². The van der Waals surface area contributed by atoms with E-state index in [1.54, 1.807) is 0 Å². The number of nitrogens with one attached hydrogen (secondary N) is 1. The molecule has 0 aliphatic carbocycles. The summed E-state index contributed by atoms with van der Waals surface area (Å²) in [5, 5.41) is 3.46. The molecule has 22 heavy (non-hydrogen) atoms. The minimum atomic E-state index is 0.852. The topological polar surface area (TPSA) is 24.5 Å². The van der Waals surface area contributed by atoms with Crippen molar-refractivity contribution in [1.29, 1.82) is 0 Å². The maximum Gasteiger partial charge on any atom is 0.119 e. The second-order valence-electron chi connectivity index (χ2n) is 6.64. The van der Waals surface area contributed by atoms with Gasteiger partial charge in [0, 0.05) is 0 Å². The zero-order chi connectivity index (χ0) is 15.0. The van der Waals surface area contributed by atoms with Gasteiger partial charge in [-0.25, -0.2) is 0 Å². The first-order chi connectivity index (χ1) is 10.9. The minimum Gasteiger partial charge on any atom is -0.494 e. The van der Waals surface area contributed by atoms with Crippen LogP contribution in [-0.4, -0.2) is 44.2 Å². The predicted molar refractivity (Wildman–Crippen MR) is 91.7 cm³/mol. The number of nitrogens with zero attached hydrogens (tertiary/aromatic N) is 1. The molecule has 0 amide bonds. The van der Waals surface area contributed by atoms with Crippen molar-refractivity contribution in [2.45, 2.75) is 44.9 Å². The largest absolute Gasteiger partial charge is 0.494 e. The Balaban J connectivity index is 1.37. The van der Waals surface area contributed by atoms with E-state index in [-0.39, 0.29) is 0 Å². The number of rotatable bonds is 6. The van der Waals surface area contributed by atoms with Crippen LogP contribution in [0.5, 0.6) is 5.75 Å². The van der Waals surface area contributed by atoms with E-state index < -0.39 is 0 Å². The third-order valence-electron chi connectivity index (χ3n) is 4.91. The number of hydrogen-bond donors (Lipinski definition) is 1. The zero-order valence-corrected chi connectivity index (χ0v) is 13.8. The summed E-state index contributed by atoms with van der Waals surface area (Å²) < 4.78 is 5.96. The van der Waals surface area contributed by atoms with E-state index in [1.165, 1.54) is 56.4 Å². The van der Waals surface area contributed by atoms with Crippen molar-refractivity contribution in [3.05, 3.63) is 29.3 Å². The van der Waals surface area contributed by atoms with Gasteiger partial charge in [0.25, 0.3) is 0 Å². The van der Waals surface area contributed by atoms with Gasteiger partial charge in [0.05, 0.1) is 6.61 Å². The van der Waals surface area contributed by atoms with Crippen LogP contribution in [0.2, 0.25) is 0 Å². The summed E-state index contributed by atoms with van der Waals surface area (Å²) in [5.74, 6) is 1.05. The van der Waals surface area contributed by atoms with Crippen molar-refractivity contribution in [1.82, 2.24) is 10.2 Å². The molecule has 122 valence electrons. The third kappa shape index (κ3) is 4.72. The van der Waals surface area contributed by atoms with E-state index in [9.17, 15) is 0 Å². The first-order valence-corrected chi connectivity index (χ1v) is 9.09.